The summed E-state index contributed by atoms with van der Waals surface area (Å²) < 4.78 is 22.8. The standard InChI is InChI=1S/C12H12BrN3O3S/c13-11-2-1-10(4-9(11)5-14)16-6-8(3-12(16)17)7-20(15,18)19/h1-2,4,8H,3,6-7H2,(H2,15,18,19). The van der Waals surface area contributed by atoms with Gasteiger partial charge in [0, 0.05) is 29.0 Å². The van der Waals surface area contributed by atoms with E-state index in [4.69, 9.17) is 10.4 Å². The molecular formula is C12H12BrN3O3S. The zero-order valence-electron chi connectivity index (χ0n) is 10.4. The lowest BCUT2D eigenvalue weighted by molar-refractivity contribution is -0.117. The number of nitriles is 1. The van der Waals surface area contributed by atoms with Crippen LogP contribution in [-0.4, -0.2) is 26.6 Å². The van der Waals surface area contributed by atoms with E-state index < -0.39 is 10.0 Å². The zero-order chi connectivity index (χ0) is 14.9. The first-order valence-corrected chi connectivity index (χ1v) is 8.31. The SMILES string of the molecule is N#Cc1cc(N2CC(CS(N)(=O)=O)CC2=O)ccc1Br. The Morgan fingerprint density at radius 3 is 2.80 bits per heavy atom. The molecule has 2 rings (SSSR count). The molecule has 20 heavy (non-hydrogen) atoms. The van der Waals surface area contributed by atoms with Crippen LogP contribution in [0.2, 0.25) is 0 Å². The second-order valence-electron chi connectivity index (χ2n) is 4.68. The topological polar surface area (TPSA) is 104 Å². The van der Waals surface area contributed by atoms with Crippen molar-refractivity contribution in [2.45, 2.75) is 6.42 Å². The number of hydrogen-bond donors (Lipinski definition) is 1. The van der Waals surface area contributed by atoms with Crippen LogP contribution in [0.4, 0.5) is 5.69 Å². The minimum absolute atomic E-state index is 0.147. The van der Waals surface area contributed by atoms with Crippen LogP contribution in [0, 0.1) is 17.2 Å². The second-order valence-corrected chi connectivity index (χ2v) is 7.19. The van der Waals surface area contributed by atoms with Crippen molar-refractivity contribution < 1.29 is 13.2 Å². The molecule has 8 heteroatoms. The molecule has 0 bridgehead atoms. The number of anilines is 1. The Morgan fingerprint density at radius 1 is 1.50 bits per heavy atom. The summed E-state index contributed by atoms with van der Waals surface area (Å²) in [5, 5.41) is 14.0. The molecule has 1 aliphatic heterocycles. The van der Waals surface area contributed by atoms with Crippen molar-refractivity contribution in [1.29, 1.82) is 5.26 Å². The van der Waals surface area contributed by atoms with Gasteiger partial charge in [0.2, 0.25) is 15.9 Å². The first kappa shape index (κ1) is 15.0. The predicted molar refractivity (Wildman–Crippen MR) is 77.3 cm³/mol. The summed E-state index contributed by atoms with van der Waals surface area (Å²) in [6.45, 7) is 0.293. The summed E-state index contributed by atoms with van der Waals surface area (Å²) in [4.78, 5) is 13.4. The van der Waals surface area contributed by atoms with E-state index in [1.807, 2.05) is 6.07 Å². The molecule has 1 unspecified atom stereocenters. The Bertz CT molecular complexity index is 696. The lowest BCUT2D eigenvalue weighted by atomic mass is 10.1. The molecular weight excluding hydrogens is 346 g/mol. The van der Waals surface area contributed by atoms with Crippen LogP contribution in [0.1, 0.15) is 12.0 Å². The highest BCUT2D eigenvalue weighted by Gasteiger charge is 2.32. The van der Waals surface area contributed by atoms with E-state index >= 15 is 0 Å². The molecule has 1 aromatic rings. The van der Waals surface area contributed by atoms with Crippen LogP contribution in [0.5, 0.6) is 0 Å². The van der Waals surface area contributed by atoms with Crippen molar-refractivity contribution >= 4 is 37.5 Å². The van der Waals surface area contributed by atoms with E-state index in [1.165, 1.54) is 4.90 Å². The minimum Gasteiger partial charge on any atom is -0.312 e. The highest BCUT2D eigenvalue weighted by atomic mass is 79.9. The van der Waals surface area contributed by atoms with E-state index in [0.717, 1.165) is 0 Å². The molecule has 6 nitrogen and oxygen atoms in total. The Balaban J connectivity index is 2.22. The number of hydrogen-bond acceptors (Lipinski definition) is 4. The van der Waals surface area contributed by atoms with Crippen LogP contribution in [0.25, 0.3) is 0 Å². The van der Waals surface area contributed by atoms with Gasteiger partial charge in [0.25, 0.3) is 0 Å². The van der Waals surface area contributed by atoms with Crippen LogP contribution < -0.4 is 10.0 Å². The average Bonchev–Trinajstić information content (AvgIpc) is 2.68. The fourth-order valence-electron chi connectivity index (χ4n) is 2.24. The first-order valence-electron chi connectivity index (χ1n) is 5.80. The molecule has 1 heterocycles. The molecule has 1 amide bonds. The average molecular weight is 358 g/mol. The monoisotopic (exact) mass is 357 g/mol. The summed E-state index contributed by atoms with van der Waals surface area (Å²) in [5.74, 6) is -0.687. The molecule has 0 radical (unpaired) electrons. The fourth-order valence-corrected chi connectivity index (χ4v) is 3.45. The number of nitrogens with zero attached hydrogens (tertiary/aromatic N) is 2. The van der Waals surface area contributed by atoms with Gasteiger partial charge in [0.15, 0.2) is 0 Å². The number of carbonyl (C=O) groups excluding carboxylic acids is 1. The number of amides is 1. The van der Waals surface area contributed by atoms with Gasteiger partial charge in [-0.25, -0.2) is 13.6 Å². The Hall–Kier alpha value is -1.43. The van der Waals surface area contributed by atoms with E-state index in [1.54, 1.807) is 18.2 Å². The summed E-state index contributed by atoms with van der Waals surface area (Å²) >= 11 is 3.24. The van der Waals surface area contributed by atoms with E-state index in [-0.39, 0.29) is 24.0 Å². The molecule has 106 valence electrons. The van der Waals surface area contributed by atoms with Gasteiger partial charge in [-0.1, -0.05) is 0 Å². The minimum atomic E-state index is -3.59. The molecule has 0 aromatic heterocycles. The summed E-state index contributed by atoms with van der Waals surface area (Å²) in [6, 6.07) is 7.02. The first-order chi connectivity index (χ1) is 9.30. The Morgan fingerprint density at radius 2 is 2.20 bits per heavy atom. The molecule has 1 fully saturated rings. The van der Waals surface area contributed by atoms with Gasteiger partial charge in [0.1, 0.15) is 6.07 Å². The van der Waals surface area contributed by atoms with Crippen molar-refractivity contribution in [3.63, 3.8) is 0 Å². The number of sulfonamides is 1. The van der Waals surface area contributed by atoms with Gasteiger partial charge in [-0.05, 0) is 34.1 Å². The van der Waals surface area contributed by atoms with Crippen molar-refractivity contribution in [2.24, 2.45) is 11.1 Å². The quantitative estimate of drug-likeness (QED) is 0.869. The number of nitrogens with two attached hydrogens (primary N) is 1. The number of primary sulfonamides is 1. The lowest BCUT2D eigenvalue weighted by Gasteiger charge is -2.17. The third kappa shape index (κ3) is 3.36. The van der Waals surface area contributed by atoms with Gasteiger partial charge in [-0.15, -0.1) is 0 Å². The summed E-state index contributed by atoms with van der Waals surface area (Å²) in [7, 11) is -3.59. The molecule has 1 aliphatic rings. The number of halogens is 1. The van der Waals surface area contributed by atoms with Crippen LogP contribution in [0.15, 0.2) is 22.7 Å². The highest BCUT2D eigenvalue weighted by molar-refractivity contribution is 9.10. The second kappa shape index (κ2) is 5.52. The van der Waals surface area contributed by atoms with Crippen LogP contribution in [0.3, 0.4) is 0 Å². The predicted octanol–water partition coefficient (Wildman–Crippen LogP) is 0.962. The molecule has 2 N–H and O–H groups in total. The maximum Gasteiger partial charge on any atom is 0.227 e. The van der Waals surface area contributed by atoms with Gasteiger partial charge < -0.3 is 4.90 Å². The largest absolute Gasteiger partial charge is 0.312 e. The summed E-state index contributed by atoms with van der Waals surface area (Å²) in [5.41, 5.74) is 1.01. The van der Waals surface area contributed by atoms with E-state index in [0.29, 0.717) is 22.3 Å². The fraction of sp³-hybridized carbons (Fsp3) is 0.333. The van der Waals surface area contributed by atoms with Crippen molar-refractivity contribution in [2.75, 3.05) is 17.2 Å². The van der Waals surface area contributed by atoms with Crippen molar-refractivity contribution in [3.05, 3.63) is 28.2 Å². The highest BCUT2D eigenvalue weighted by Crippen LogP contribution is 2.28. The maximum atomic E-state index is 12.0. The maximum absolute atomic E-state index is 12.0. The molecule has 0 aliphatic carbocycles. The van der Waals surface area contributed by atoms with E-state index in [2.05, 4.69) is 15.9 Å². The molecule has 0 spiro atoms. The third-order valence-corrected chi connectivity index (χ3v) is 4.68. The number of rotatable bonds is 3. The third-order valence-electron chi connectivity index (χ3n) is 3.06. The van der Waals surface area contributed by atoms with Gasteiger partial charge in [-0.3, -0.25) is 4.79 Å². The molecule has 1 saturated heterocycles. The molecule has 1 atom stereocenters. The number of benzene rings is 1. The summed E-state index contributed by atoms with van der Waals surface area (Å²) in [6.07, 6.45) is 0.147. The molecule has 0 saturated carbocycles. The lowest BCUT2D eigenvalue weighted by Crippen LogP contribution is -2.27. The smallest absolute Gasteiger partial charge is 0.227 e. The van der Waals surface area contributed by atoms with Gasteiger partial charge >= 0.3 is 0 Å². The Labute approximate surface area is 125 Å². The van der Waals surface area contributed by atoms with Gasteiger partial charge in [0.05, 0.1) is 11.3 Å². The van der Waals surface area contributed by atoms with E-state index in [9.17, 15) is 13.2 Å². The van der Waals surface area contributed by atoms with Crippen molar-refractivity contribution in [3.8, 4) is 6.07 Å². The van der Waals surface area contributed by atoms with Crippen molar-refractivity contribution in [1.82, 2.24) is 0 Å². The molecule has 1 aromatic carbocycles. The normalized spacial score (nSPS) is 19.1. The Kier molecular flexibility index (Phi) is 4.13. The van der Waals surface area contributed by atoms with Crippen LogP contribution in [-0.2, 0) is 14.8 Å². The van der Waals surface area contributed by atoms with Crippen LogP contribution >= 0.6 is 15.9 Å². The van der Waals surface area contributed by atoms with Gasteiger partial charge in [-0.2, -0.15) is 5.26 Å². The number of carbonyl (C=O) groups is 1. The zero-order valence-corrected chi connectivity index (χ0v) is 12.8.